The van der Waals surface area contributed by atoms with Crippen LogP contribution in [0.2, 0.25) is 0 Å². The fourth-order valence-electron chi connectivity index (χ4n) is 4.54. The molecule has 0 saturated heterocycles. The highest BCUT2D eigenvalue weighted by Crippen LogP contribution is 2.44. The van der Waals surface area contributed by atoms with Gasteiger partial charge in [0, 0.05) is 6.42 Å². The smallest absolute Gasteiger partial charge is 0.303 e. The van der Waals surface area contributed by atoms with Crippen molar-refractivity contribution in [1.29, 1.82) is 0 Å². The first-order valence-electron chi connectivity index (χ1n) is 10.7. The highest BCUT2D eigenvalue weighted by Gasteiger charge is 2.37. The first-order chi connectivity index (χ1) is 11.8. The molecule has 0 aliphatic heterocycles. The van der Waals surface area contributed by atoms with Gasteiger partial charge < -0.3 is 10.2 Å². The third-order valence-electron chi connectivity index (χ3n) is 6.30. The van der Waals surface area contributed by atoms with E-state index in [0.717, 1.165) is 19.3 Å². The fourth-order valence-corrected chi connectivity index (χ4v) is 4.54. The molecule has 0 amide bonds. The molecule has 25 heavy (non-hydrogen) atoms. The average molecular weight is 355 g/mol. The summed E-state index contributed by atoms with van der Waals surface area (Å²) in [6.07, 6.45) is 15.8. The van der Waals surface area contributed by atoms with E-state index in [2.05, 4.69) is 20.8 Å². The maximum Gasteiger partial charge on any atom is 0.303 e. The van der Waals surface area contributed by atoms with Crippen LogP contribution >= 0.6 is 0 Å². The molecule has 0 radical (unpaired) electrons. The second kappa shape index (κ2) is 11.9. The van der Waals surface area contributed by atoms with Crippen LogP contribution in [0.1, 0.15) is 111 Å². The maximum absolute atomic E-state index is 10.4. The second-order valence-corrected chi connectivity index (χ2v) is 9.10. The summed E-state index contributed by atoms with van der Waals surface area (Å²) in [5.41, 5.74) is 0.356. The lowest BCUT2D eigenvalue weighted by Crippen LogP contribution is -2.37. The van der Waals surface area contributed by atoms with E-state index in [1.807, 2.05) is 0 Å². The molecule has 3 unspecified atom stereocenters. The van der Waals surface area contributed by atoms with Crippen LogP contribution in [0.25, 0.3) is 0 Å². The van der Waals surface area contributed by atoms with E-state index in [1.54, 1.807) is 0 Å². The molecule has 3 atom stereocenters. The molecule has 0 spiro atoms. The van der Waals surface area contributed by atoms with Crippen molar-refractivity contribution < 1.29 is 15.0 Å². The molecule has 0 aromatic rings. The highest BCUT2D eigenvalue weighted by molar-refractivity contribution is 5.66. The van der Waals surface area contributed by atoms with Crippen molar-refractivity contribution in [3.63, 3.8) is 0 Å². The zero-order valence-electron chi connectivity index (χ0n) is 16.9. The number of aliphatic carboxylic acids is 1. The number of carboxylic acids is 1. The second-order valence-electron chi connectivity index (χ2n) is 9.10. The van der Waals surface area contributed by atoms with Gasteiger partial charge in [-0.05, 0) is 49.4 Å². The van der Waals surface area contributed by atoms with Gasteiger partial charge in [-0.1, -0.05) is 72.1 Å². The molecule has 2 N–H and O–H groups in total. The summed E-state index contributed by atoms with van der Waals surface area (Å²) in [4.78, 5) is 10.4. The van der Waals surface area contributed by atoms with Crippen LogP contribution in [0.5, 0.6) is 0 Å². The highest BCUT2D eigenvalue weighted by atomic mass is 16.4. The quantitative estimate of drug-likeness (QED) is 0.388. The minimum Gasteiger partial charge on any atom is -0.481 e. The van der Waals surface area contributed by atoms with Gasteiger partial charge in [0.2, 0.25) is 0 Å². The van der Waals surface area contributed by atoms with E-state index in [-0.39, 0.29) is 6.10 Å². The van der Waals surface area contributed by atoms with Crippen molar-refractivity contribution >= 4 is 5.97 Å². The Morgan fingerprint density at radius 1 is 1.00 bits per heavy atom. The zero-order chi connectivity index (χ0) is 18.7. The van der Waals surface area contributed by atoms with Gasteiger partial charge in [0.25, 0.3) is 0 Å². The lowest BCUT2D eigenvalue weighted by molar-refractivity contribution is -0.137. The minimum absolute atomic E-state index is 0.0973. The van der Waals surface area contributed by atoms with Crippen LogP contribution in [0.15, 0.2) is 0 Å². The molecule has 0 bridgehead atoms. The van der Waals surface area contributed by atoms with Gasteiger partial charge in [0.15, 0.2) is 0 Å². The Balaban J connectivity index is 1.98. The van der Waals surface area contributed by atoms with Crippen molar-refractivity contribution in [3.05, 3.63) is 0 Å². The van der Waals surface area contributed by atoms with Crippen LogP contribution in [0.4, 0.5) is 0 Å². The summed E-state index contributed by atoms with van der Waals surface area (Å²) in [7, 11) is 0. The number of aliphatic hydroxyl groups excluding tert-OH is 1. The predicted molar refractivity (Wildman–Crippen MR) is 105 cm³/mol. The van der Waals surface area contributed by atoms with Crippen molar-refractivity contribution in [2.45, 2.75) is 117 Å². The number of rotatable bonds is 13. The Bertz CT molecular complexity index is 366. The SMILES string of the molecule is CC(C)C1CCC(C)(CCCCCCCCCCCC(=O)O)CC1O. The Morgan fingerprint density at radius 3 is 2.00 bits per heavy atom. The Morgan fingerprint density at radius 2 is 1.52 bits per heavy atom. The van der Waals surface area contributed by atoms with Gasteiger partial charge in [-0.3, -0.25) is 4.79 Å². The number of unbranched alkanes of at least 4 members (excludes halogenated alkanes) is 8. The third kappa shape index (κ3) is 9.63. The topological polar surface area (TPSA) is 57.5 Å². The van der Waals surface area contributed by atoms with Crippen LogP contribution < -0.4 is 0 Å². The number of hydrogen-bond acceptors (Lipinski definition) is 2. The molecular formula is C22H42O3. The van der Waals surface area contributed by atoms with Gasteiger partial charge in [-0.2, -0.15) is 0 Å². The molecule has 3 nitrogen and oxygen atoms in total. The van der Waals surface area contributed by atoms with Crippen LogP contribution in [-0.2, 0) is 4.79 Å². The largest absolute Gasteiger partial charge is 0.481 e. The van der Waals surface area contributed by atoms with Crippen molar-refractivity contribution in [2.24, 2.45) is 17.3 Å². The molecule has 0 heterocycles. The minimum atomic E-state index is -0.668. The summed E-state index contributed by atoms with van der Waals surface area (Å²) < 4.78 is 0. The van der Waals surface area contributed by atoms with Crippen molar-refractivity contribution in [2.75, 3.05) is 0 Å². The molecule has 1 rings (SSSR count). The van der Waals surface area contributed by atoms with E-state index in [4.69, 9.17) is 5.11 Å². The van der Waals surface area contributed by atoms with E-state index in [9.17, 15) is 9.90 Å². The van der Waals surface area contributed by atoms with Crippen LogP contribution in [-0.4, -0.2) is 22.3 Å². The normalized spacial score (nSPS) is 26.9. The molecule has 1 saturated carbocycles. The lowest BCUT2D eigenvalue weighted by atomic mass is 9.65. The van der Waals surface area contributed by atoms with Gasteiger partial charge in [-0.15, -0.1) is 0 Å². The zero-order valence-corrected chi connectivity index (χ0v) is 16.9. The Hall–Kier alpha value is -0.570. The predicted octanol–water partition coefficient (Wildman–Crippen LogP) is 6.19. The van der Waals surface area contributed by atoms with E-state index in [1.165, 1.54) is 64.2 Å². The standard InChI is InChI=1S/C22H42O3/c1-18(2)19-14-16-22(3,17-20(19)23)15-12-10-8-6-4-5-7-9-11-13-21(24)25/h18-20,23H,4-17H2,1-3H3,(H,24,25). The summed E-state index contributed by atoms with van der Waals surface area (Å²) in [5.74, 6) is 0.436. The van der Waals surface area contributed by atoms with Crippen LogP contribution in [0.3, 0.4) is 0 Å². The molecule has 1 fully saturated rings. The number of hydrogen-bond donors (Lipinski definition) is 2. The molecular weight excluding hydrogens is 312 g/mol. The van der Waals surface area contributed by atoms with Crippen molar-refractivity contribution in [1.82, 2.24) is 0 Å². The summed E-state index contributed by atoms with van der Waals surface area (Å²) in [5, 5.41) is 19.0. The van der Waals surface area contributed by atoms with E-state index >= 15 is 0 Å². The van der Waals surface area contributed by atoms with E-state index < -0.39 is 5.97 Å². The molecule has 1 aliphatic rings. The molecule has 0 aromatic carbocycles. The summed E-state index contributed by atoms with van der Waals surface area (Å²) in [6, 6.07) is 0. The lowest BCUT2D eigenvalue weighted by Gasteiger charge is -2.42. The summed E-state index contributed by atoms with van der Waals surface area (Å²) in [6.45, 7) is 6.86. The summed E-state index contributed by atoms with van der Waals surface area (Å²) >= 11 is 0. The fraction of sp³-hybridized carbons (Fsp3) is 0.955. The molecule has 148 valence electrons. The third-order valence-corrected chi connectivity index (χ3v) is 6.30. The number of carbonyl (C=O) groups is 1. The first kappa shape index (κ1) is 22.5. The molecule has 0 aromatic heterocycles. The Kier molecular flexibility index (Phi) is 10.7. The monoisotopic (exact) mass is 354 g/mol. The van der Waals surface area contributed by atoms with Gasteiger partial charge in [-0.25, -0.2) is 0 Å². The maximum atomic E-state index is 10.4. The van der Waals surface area contributed by atoms with E-state index in [0.29, 0.717) is 23.7 Å². The number of aliphatic hydroxyl groups is 1. The Labute approximate surface area is 155 Å². The van der Waals surface area contributed by atoms with Crippen LogP contribution in [0, 0.1) is 17.3 Å². The molecule has 3 heteroatoms. The number of carboxylic acid groups (broad SMARTS) is 1. The molecule has 1 aliphatic carbocycles. The van der Waals surface area contributed by atoms with Gasteiger partial charge >= 0.3 is 5.97 Å². The first-order valence-corrected chi connectivity index (χ1v) is 10.7. The van der Waals surface area contributed by atoms with Gasteiger partial charge in [0.1, 0.15) is 0 Å². The van der Waals surface area contributed by atoms with Gasteiger partial charge in [0.05, 0.1) is 6.10 Å². The van der Waals surface area contributed by atoms with Crippen molar-refractivity contribution in [3.8, 4) is 0 Å². The average Bonchev–Trinajstić information content (AvgIpc) is 2.51.